The molecule has 0 aliphatic rings. The number of anilines is 1. The lowest BCUT2D eigenvalue weighted by molar-refractivity contribution is -0.119. The van der Waals surface area contributed by atoms with E-state index in [1.807, 2.05) is 53.9 Å². The van der Waals surface area contributed by atoms with Crippen molar-refractivity contribution in [2.24, 2.45) is 0 Å². The van der Waals surface area contributed by atoms with Gasteiger partial charge in [0, 0.05) is 15.4 Å². The van der Waals surface area contributed by atoms with Gasteiger partial charge in [0.1, 0.15) is 0 Å². The topological polar surface area (TPSA) is 64.6 Å². The van der Waals surface area contributed by atoms with E-state index in [4.69, 9.17) is 20.6 Å². The second-order valence-corrected chi connectivity index (χ2v) is 11.5. The summed E-state index contributed by atoms with van der Waals surface area (Å²) in [5.41, 5.74) is 1.16. The lowest BCUT2D eigenvalue weighted by atomic mass is 9.98. The zero-order valence-corrected chi connectivity index (χ0v) is 21.1. The van der Waals surface area contributed by atoms with E-state index in [1.165, 1.54) is 11.3 Å². The van der Waals surface area contributed by atoms with Gasteiger partial charge < -0.3 is 14.4 Å². The highest BCUT2D eigenvalue weighted by atomic mass is 35.5. The molecule has 1 aromatic heterocycles. The third kappa shape index (κ3) is 4.34. The van der Waals surface area contributed by atoms with Gasteiger partial charge in [-0.3, -0.25) is 9.36 Å². The molecule has 1 heterocycles. The molecule has 4 aromatic rings. The number of carbonyl (C=O) groups excluding carboxylic acids is 1. The van der Waals surface area contributed by atoms with Crippen molar-refractivity contribution in [2.75, 3.05) is 18.5 Å². The number of rotatable bonds is 8. The van der Waals surface area contributed by atoms with Crippen LogP contribution in [0.3, 0.4) is 0 Å². The number of fused-ring (bicyclic) bond motifs is 2. The van der Waals surface area contributed by atoms with E-state index in [2.05, 4.69) is 5.32 Å². The second kappa shape index (κ2) is 9.57. The summed E-state index contributed by atoms with van der Waals surface area (Å²) in [5.74, 6) is -0.470. The van der Waals surface area contributed by atoms with Crippen molar-refractivity contribution in [3.05, 3.63) is 76.6 Å². The van der Waals surface area contributed by atoms with Gasteiger partial charge in [0.05, 0.1) is 13.2 Å². The summed E-state index contributed by atoms with van der Waals surface area (Å²) in [7, 11) is -3.94. The largest absolute Gasteiger partial charge is 0.350 e. The van der Waals surface area contributed by atoms with Crippen LogP contribution in [-0.4, -0.2) is 19.1 Å². The molecular formula is C25H25ClNO4PS. The van der Waals surface area contributed by atoms with Crippen molar-refractivity contribution in [1.82, 2.24) is 0 Å². The number of hydrogen-bond donors (Lipinski definition) is 1. The maximum absolute atomic E-state index is 14.2. The molecule has 0 aliphatic heterocycles. The Morgan fingerprint density at radius 1 is 1.03 bits per heavy atom. The van der Waals surface area contributed by atoms with E-state index >= 15 is 0 Å². The minimum atomic E-state index is -3.94. The van der Waals surface area contributed by atoms with Gasteiger partial charge in [0.25, 0.3) is 0 Å². The van der Waals surface area contributed by atoms with E-state index in [0.29, 0.717) is 16.3 Å². The number of thiophene rings is 1. The molecule has 8 heteroatoms. The monoisotopic (exact) mass is 501 g/mol. The average molecular weight is 502 g/mol. The minimum Gasteiger partial charge on any atom is -0.325 e. The number of halogens is 1. The molecule has 1 amide bonds. The maximum atomic E-state index is 14.2. The number of hydrogen-bond acceptors (Lipinski definition) is 5. The van der Waals surface area contributed by atoms with Gasteiger partial charge in [-0.15, -0.1) is 11.3 Å². The van der Waals surface area contributed by atoms with Crippen molar-refractivity contribution < 1.29 is 18.4 Å². The van der Waals surface area contributed by atoms with Crippen LogP contribution in [0.4, 0.5) is 5.69 Å². The normalized spacial score (nSPS) is 13.8. The molecule has 0 bridgehead atoms. The van der Waals surface area contributed by atoms with Crippen LogP contribution in [-0.2, 0) is 23.6 Å². The van der Waals surface area contributed by atoms with Gasteiger partial charge in [-0.1, -0.05) is 41.9 Å². The molecule has 0 fully saturated rings. The fourth-order valence-corrected chi connectivity index (χ4v) is 7.29. The highest BCUT2D eigenvalue weighted by Gasteiger charge is 2.55. The van der Waals surface area contributed by atoms with Gasteiger partial charge in [0.15, 0.2) is 5.16 Å². The van der Waals surface area contributed by atoms with Gasteiger partial charge in [-0.05, 0) is 78.2 Å². The number of amides is 1. The lowest BCUT2D eigenvalue weighted by Crippen LogP contribution is -2.38. The zero-order valence-electron chi connectivity index (χ0n) is 18.6. The van der Waals surface area contributed by atoms with Crippen LogP contribution in [0.25, 0.3) is 20.9 Å². The molecule has 1 N–H and O–H groups in total. The Kier molecular flexibility index (Phi) is 6.94. The van der Waals surface area contributed by atoms with Crippen LogP contribution in [0.5, 0.6) is 0 Å². The van der Waals surface area contributed by atoms with E-state index in [-0.39, 0.29) is 13.2 Å². The molecule has 5 nitrogen and oxygen atoms in total. The van der Waals surface area contributed by atoms with Crippen molar-refractivity contribution in [3.63, 3.8) is 0 Å². The molecule has 33 heavy (non-hydrogen) atoms. The first-order chi connectivity index (χ1) is 15.8. The maximum Gasteiger partial charge on any atom is 0.350 e. The first-order valence-electron chi connectivity index (χ1n) is 10.7. The van der Waals surface area contributed by atoms with Gasteiger partial charge >= 0.3 is 7.60 Å². The number of benzene rings is 3. The van der Waals surface area contributed by atoms with Crippen molar-refractivity contribution in [1.29, 1.82) is 0 Å². The van der Waals surface area contributed by atoms with E-state index < -0.39 is 18.7 Å². The fraction of sp³-hybridized carbons (Fsp3) is 0.240. The standard InChI is InChI=1S/C25H25ClNO4PS/c1-4-30-32(29,31-5-2)25(3,22-16-33-23-13-11-19(26)15-21(22)23)24(28)27-20-12-10-17-8-6-7-9-18(17)14-20/h6-16H,4-5H2,1-3H3,(H,27,28). The summed E-state index contributed by atoms with van der Waals surface area (Å²) in [6, 6.07) is 19.0. The minimum absolute atomic E-state index is 0.138. The Hall–Kier alpha value is -2.21. The summed E-state index contributed by atoms with van der Waals surface area (Å²) in [6.45, 7) is 5.36. The molecule has 0 aliphatic carbocycles. The van der Waals surface area contributed by atoms with Crippen LogP contribution in [0.15, 0.2) is 66.0 Å². The summed E-state index contributed by atoms with van der Waals surface area (Å²) in [6.07, 6.45) is 0. The smallest absolute Gasteiger partial charge is 0.325 e. The van der Waals surface area contributed by atoms with Crippen LogP contribution in [0, 0.1) is 0 Å². The SMILES string of the molecule is CCOP(=O)(OCC)C(C)(C(=O)Nc1ccc2ccccc2c1)c1csc2ccc(Cl)cc12. The summed E-state index contributed by atoms with van der Waals surface area (Å²) >= 11 is 7.73. The van der Waals surface area contributed by atoms with Crippen molar-refractivity contribution >= 4 is 63.0 Å². The molecule has 1 atom stereocenters. The van der Waals surface area contributed by atoms with Crippen LogP contribution >= 0.6 is 30.5 Å². The molecule has 0 saturated carbocycles. The number of nitrogens with one attached hydrogen (secondary N) is 1. The first kappa shape index (κ1) is 23.9. The Labute approximate surface area is 202 Å². The van der Waals surface area contributed by atoms with Crippen molar-refractivity contribution in [3.8, 4) is 0 Å². The first-order valence-corrected chi connectivity index (χ1v) is 13.5. The third-order valence-electron chi connectivity index (χ3n) is 5.66. The summed E-state index contributed by atoms with van der Waals surface area (Å²) in [5, 5.41) is 6.53. The highest BCUT2D eigenvalue weighted by molar-refractivity contribution is 7.56. The zero-order chi connectivity index (χ0) is 23.6. The average Bonchev–Trinajstić information content (AvgIpc) is 3.22. The van der Waals surface area contributed by atoms with E-state index in [9.17, 15) is 9.36 Å². The molecular weight excluding hydrogens is 477 g/mol. The molecule has 172 valence electrons. The van der Waals surface area contributed by atoms with E-state index in [1.54, 1.807) is 32.9 Å². The Morgan fingerprint density at radius 2 is 1.73 bits per heavy atom. The van der Waals surface area contributed by atoms with Gasteiger partial charge in [0.2, 0.25) is 5.91 Å². The summed E-state index contributed by atoms with van der Waals surface area (Å²) in [4.78, 5) is 13.9. The van der Waals surface area contributed by atoms with Crippen LogP contribution < -0.4 is 5.32 Å². The molecule has 4 rings (SSSR count). The third-order valence-corrected chi connectivity index (χ3v) is 9.59. The van der Waals surface area contributed by atoms with Crippen LogP contribution in [0.2, 0.25) is 5.02 Å². The molecule has 3 aromatic carbocycles. The summed E-state index contributed by atoms with van der Waals surface area (Å²) < 4.78 is 26.5. The number of carbonyl (C=O) groups is 1. The molecule has 0 saturated heterocycles. The molecule has 0 radical (unpaired) electrons. The Bertz CT molecular complexity index is 1360. The molecule has 0 spiro atoms. The van der Waals surface area contributed by atoms with Crippen LogP contribution in [0.1, 0.15) is 26.3 Å². The predicted octanol–water partition coefficient (Wildman–Crippen LogP) is 7.83. The van der Waals surface area contributed by atoms with E-state index in [0.717, 1.165) is 20.9 Å². The highest BCUT2D eigenvalue weighted by Crippen LogP contribution is 2.66. The van der Waals surface area contributed by atoms with Gasteiger partial charge in [-0.2, -0.15) is 0 Å². The fourth-order valence-electron chi connectivity index (χ4n) is 3.93. The lowest BCUT2D eigenvalue weighted by Gasteiger charge is -2.34. The van der Waals surface area contributed by atoms with Crippen molar-refractivity contribution in [2.45, 2.75) is 25.9 Å². The Balaban J connectivity index is 1.86. The second-order valence-electron chi connectivity index (χ2n) is 7.71. The predicted molar refractivity (Wildman–Crippen MR) is 138 cm³/mol. The van der Waals surface area contributed by atoms with Gasteiger partial charge in [-0.25, -0.2) is 0 Å². The molecule has 1 unspecified atom stereocenters. The Morgan fingerprint density at radius 3 is 2.42 bits per heavy atom. The quantitative estimate of drug-likeness (QED) is 0.250.